The minimum atomic E-state index is -4.45. The van der Waals surface area contributed by atoms with Gasteiger partial charge in [-0.25, -0.2) is 15.0 Å². The Kier molecular flexibility index (Phi) is 3.50. The summed E-state index contributed by atoms with van der Waals surface area (Å²) in [7, 11) is 0. The summed E-state index contributed by atoms with van der Waals surface area (Å²) in [6.07, 6.45) is -2.92. The van der Waals surface area contributed by atoms with Crippen LogP contribution >= 0.6 is 22.7 Å². The smallest absolute Gasteiger partial charge is 0.234 e. The molecule has 3 aromatic heterocycles. The fraction of sp³-hybridized carbons (Fsp3) is 0.154. The Labute approximate surface area is 126 Å². The number of nitrogens with zero attached hydrogens (tertiary/aromatic N) is 3. The quantitative estimate of drug-likeness (QED) is 0.687. The average Bonchev–Trinajstić information content (AvgIpc) is 3.07. The molecule has 0 amide bonds. The van der Waals surface area contributed by atoms with Gasteiger partial charge in [0.05, 0.1) is 10.6 Å². The molecule has 0 saturated heterocycles. The number of thiophene rings is 1. The van der Waals surface area contributed by atoms with Gasteiger partial charge in [0.2, 0.25) is 0 Å². The second-order valence-electron chi connectivity index (χ2n) is 4.21. The summed E-state index contributed by atoms with van der Waals surface area (Å²) in [6.45, 7) is 1.98. The van der Waals surface area contributed by atoms with Gasteiger partial charge in [-0.15, -0.1) is 22.7 Å². The number of thiazole rings is 1. The fourth-order valence-electron chi connectivity index (χ4n) is 1.68. The molecule has 0 N–H and O–H groups in total. The highest BCUT2D eigenvalue weighted by Crippen LogP contribution is 2.33. The van der Waals surface area contributed by atoms with E-state index in [0.29, 0.717) is 5.69 Å². The number of hydrogen-bond acceptors (Lipinski definition) is 5. The summed E-state index contributed by atoms with van der Waals surface area (Å²) in [5, 5.41) is 1.14. The molecule has 0 atom stereocenters. The Bertz CT molecular complexity index is 777. The maximum atomic E-state index is 12.6. The minimum absolute atomic E-state index is 0.164. The van der Waals surface area contributed by atoms with Crippen LogP contribution in [0.15, 0.2) is 29.8 Å². The van der Waals surface area contributed by atoms with Crippen LogP contribution in [0.25, 0.3) is 21.4 Å². The summed E-state index contributed by atoms with van der Waals surface area (Å²) in [4.78, 5) is 14.0. The minimum Gasteiger partial charge on any atom is -0.234 e. The molecule has 3 nitrogen and oxygen atoms in total. The Morgan fingerprint density at radius 3 is 2.52 bits per heavy atom. The van der Waals surface area contributed by atoms with Crippen LogP contribution in [0.1, 0.15) is 10.6 Å². The first kappa shape index (κ1) is 14.2. The molecule has 0 aliphatic heterocycles. The lowest BCUT2D eigenvalue weighted by atomic mass is 10.3. The first-order valence-electron chi connectivity index (χ1n) is 5.86. The van der Waals surface area contributed by atoms with Gasteiger partial charge in [0.1, 0.15) is 0 Å². The molecule has 0 saturated carbocycles. The molecule has 3 rings (SSSR count). The lowest BCUT2D eigenvalue weighted by Gasteiger charge is -2.01. The third-order valence-corrected chi connectivity index (χ3v) is 4.50. The highest BCUT2D eigenvalue weighted by Gasteiger charge is 2.34. The van der Waals surface area contributed by atoms with Gasteiger partial charge in [-0.05, 0) is 25.1 Å². The van der Waals surface area contributed by atoms with Crippen molar-refractivity contribution >= 4 is 22.7 Å². The van der Waals surface area contributed by atoms with Gasteiger partial charge in [0.25, 0.3) is 0 Å². The molecule has 0 fully saturated rings. The number of hydrogen-bond donors (Lipinski definition) is 0. The molecule has 0 spiro atoms. The molecular formula is C13H8F3N3S2. The van der Waals surface area contributed by atoms with E-state index >= 15 is 0 Å². The van der Waals surface area contributed by atoms with Crippen LogP contribution in [0, 0.1) is 6.92 Å². The third-order valence-electron chi connectivity index (χ3n) is 2.63. The van der Waals surface area contributed by atoms with Crippen molar-refractivity contribution in [1.29, 1.82) is 0 Å². The SMILES string of the molecule is Cc1ccc(-c2ccnc(-c3nc(C(F)(F)F)cs3)n2)s1. The largest absolute Gasteiger partial charge is 0.434 e. The zero-order valence-electron chi connectivity index (χ0n) is 10.7. The third kappa shape index (κ3) is 2.96. The summed E-state index contributed by atoms with van der Waals surface area (Å²) < 4.78 is 37.7. The summed E-state index contributed by atoms with van der Waals surface area (Å²) >= 11 is 2.45. The number of aromatic nitrogens is 3. The van der Waals surface area contributed by atoms with Gasteiger partial charge in [0, 0.05) is 16.5 Å². The zero-order chi connectivity index (χ0) is 15.0. The average molecular weight is 327 g/mol. The highest BCUT2D eigenvalue weighted by atomic mass is 32.1. The van der Waals surface area contributed by atoms with E-state index in [1.807, 2.05) is 19.1 Å². The van der Waals surface area contributed by atoms with Crippen LogP contribution in [0.5, 0.6) is 0 Å². The first-order chi connectivity index (χ1) is 9.93. The van der Waals surface area contributed by atoms with Crippen molar-refractivity contribution in [3.8, 4) is 21.4 Å². The van der Waals surface area contributed by atoms with E-state index < -0.39 is 11.9 Å². The number of halogens is 3. The van der Waals surface area contributed by atoms with Crippen molar-refractivity contribution in [1.82, 2.24) is 15.0 Å². The summed E-state index contributed by atoms with van der Waals surface area (Å²) in [6, 6.07) is 5.62. The molecule has 8 heteroatoms. The van der Waals surface area contributed by atoms with Gasteiger partial charge >= 0.3 is 6.18 Å². The van der Waals surface area contributed by atoms with E-state index in [1.54, 1.807) is 17.4 Å². The Morgan fingerprint density at radius 2 is 1.90 bits per heavy atom. The van der Waals surface area contributed by atoms with Gasteiger partial charge in [-0.1, -0.05) is 0 Å². The van der Waals surface area contributed by atoms with Gasteiger partial charge < -0.3 is 0 Å². The second-order valence-corrected chi connectivity index (χ2v) is 6.36. The normalized spacial score (nSPS) is 11.8. The number of aryl methyl sites for hydroxylation is 1. The first-order valence-corrected chi connectivity index (χ1v) is 7.56. The molecule has 0 aromatic carbocycles. The molecule has 3 aromatic rings. The van der Waals surface area contributed by atoms with Crippen molar-refractivity contribution < 1.29 is 13.2 Å². The van der Waals surface area contributed by atoms with Crippen LogP contribution < -0.4 is 0 Å². The molecule has 0 bridgehead atoms. The summed E-state index contributed by atoms with van der Waals surface area (Å²) in [5.41, 5.74) is -0.231. The highest BCUT2D eigenvalue weighted by molar-refractivity contribution is 7.15. The van der Waals surface area contributed by atoms with Crippen LogP contribution in [0.2, 0.25) is 0 Å². The topological polar surface area (TPSA) is 38.7 Å². The van der Waals surface area contributed by atoms with Crippen LogP contribution in [0.4, 0.5) is 13.2 Å². The second kappa shape index (κ2) is 5.19. The van der Waals surface area contributed by atoms with E-state index in [4.69, 9.17) is 0 Å². The predicted molar refractivity (Wildman–Crippen MR) is 76.2 cm³/mol. The lowest BCUT2D eigenvalue weighted by Crippen LogP contribution is -2.05. The summed E-state index contributed by atoms with van der Waals surface area (Å²) in [5.74, 6) is 0.207. The van der Waals surface area contributed by atoms with E-state index in [2.05, 4.69) is 15.0 Å². The standard InChI is InChI=1S/C13H8F3N3S2/c1-7-2-3-9(21-7)8-4-5-17-11(18-8)12-19-10(6-20-12)13(14,15)16/h2-6H,1H3. The van der Waals surface area contributed by atoms with Crippen molar-refractivity contribution in [3.05, 3.63) is 40.3 Å². The monoisotopic (exact) mass is 327 g/mol. The lowest BCUT2D eigenvalue weighted by molar-refractivity contribution is -0.140. The van der Waals surface area contributed by atoms with E-state index in [9.17, 15) is 13.2 Å². The molecular weight excluding hydrogens is 319 g/mol. The molecule has 21 heavy (non-hydrogen) atoms. The van der Waals surface area contributed by atoms with E-state index in [0.717, 1.165) is 26.5 Å². The Hall–Kier alpha value is -1.80. The number of rotatable bonds is 2. The van der Waals surface area contributed by atoms with Crippen LogP contribution in [-0.2, 0) is 6.18 Å². The predicted octanol–water partition coefficient (Wildman–Crippen LogP) is 4.66. The van der Waals surface area contributed by atoms with Crippen molar-refractivity contribution in [3.63, 3.8) is 0 Å². The molecule has 0 aliphatic rings. The zero-order valence-corrected chi connectivity index (χ0v) is 12.3. The molecule has 0 unspecified atom stereocenters. The van der Waals surface area contributed by atoms with Gasteiger partial charge in [-0.3, -0.25) is 0 Å². The van der Waals surface area contributed by atoms with Crippen molar-refractivity contribution in [2.24, 2.45) is 0 Å². The number of alkyl halides is 3. The molecule has 0 aliphatic carbocycles. The maximum absolute atomic E-state index is 12.6. The van der Waals surface area contributed by atoms with Crippen molar-refractivity contribution in [2.45, 2.75) is 13.1 Å². The Morgan fingerprint density at radius 1 is 1.10 bits per heavy atom. The molecule has 108 valence electrons. The van der Waals surface area contributed by atoms with Crippen LogP contribution in [0.3, 0.4) is 0 Å². The van der Waals surface area contributed by atoms with Crippen molar-refractivity contribution in [2.75, 3.05) is 0 Å². The molecule has 3 heterocycles. The van der Waals surface area contributed by atoms with Gasteiger partial charge in [-0.2, -0.15) is 13.2 Å². The van der Waals surface area contributed by atoms with E-state index in [1.165, 1.54) is 6.20 Å². The maximum Gasteiger partial charge on any atom is 0.434 e. The van der Waals surface area contributed by atoms with E-state index in [-0.39, 0.29) is 10.8 Å². The van der Waals surface area contributed by atoms with Gasteiger partial charge in [0.15, 0.2) is 16.5 Å². The fourth-order valence-corrected chi connectivity index (χ4v) is 3.28. The van der Waals surface area contributed by atoms with Crippen LogP contribution in [-0.4, -0.2) is 15.0 Å². The Balaban J connectivity index is 1.98. The molecule has 0 radical (unpaired) electrons.